The monoisotopic (exact) mass is 490 g/mol. The number of ketones is 1. The Morgan fingerprint density at radius 1 is 1.17 bits per heavy atom. The highest BCUT2D eigenvalue weighted by atomic mass is 79.9. The van der Waals surface area contributed by atoms with Crippen molar-refractivity contribution in [3.63, 3.8) is 0 Å². The maximum absolute atomic E-state index is 13.0. The van der Waals surface area contributed by atoms with Crippen molar-refractivity contribution >= 4 is 31.8 Å². The number of alkyl halides is 3. The molecule has 1 aliphatic carbocycles. The van der Waals surface area contributed by atoms with Gasteiger partial charge in [-0.3, -0.25) is 8.98 Å². The Bertz CT molecular complexity index is 1010. The SMILES string of the molecule is Cc1ccc(S(=O)(=O)OC(Cc2cc(C(F)(F)F)ccc2Br)C(=O)C2CC2)cc1. The van der Waals surface area contributed by atoms with E-state index in [0.717, 1.165) is 17.7 Å². The predicted octanol–water partition coefficient (Wildman–Crippen LogP) is 5.07. The molecule has 1 unspecified atom stereocenters. The van der Waals surface area contributed by atoms with Gasteiger partial charge in [0.05, 0.1) is 10.5 Å². The van der Waals surface area contributed by atoms with E-state index in [1.807, 2.05) is 0 Å². The number of aryl methyl sites for hydroxylation is 1. The van der Waals surface area contributed by atoms with E-state index in [-0.39, 0.29) is 22.8 Å². The number of hydrogen-bond acceptors (Lipinski definition) is 4. The van der Waals surface area contributed by atoms with Crippen molar-refractivity contribution in [2.75, 3.05) is 0 Å². The summed E-state index contributed by atoms with van der Waals surface area (Å²) in [6.45, 7) is 1.79. The zero-order valence-corrected chi connectivity index (χ0v) is 17.8. The van der Waals surface area contributed by atoms with Crippen LogP contribution in [0, 0.1) is 12.8 Å². The largest absolute Gasteiger partial charge is 0.416 e. The van der Waals surface area contributed by atoms with E-state index >= 15 is 0 Å². The first kappa shape index (κ1) is 22.0. The van der Waals surface area contributed by atoms with Crippen molar-refractivity contribution in [1.29, 1.82) is 0 Å². The molecule has 1 aliphatic rings. The molecule has 0 aliphatic heterocycles. The minimum absolute atomic E-state index is 0.111. The first-order chi connectivity index (χ1) is 13.5. The minimum Gasteiger partial charge on any atom is -0.296 e. The maximum Gasteiger partial charge on any atom is 0.416 e. The summed E-state index contributed by atoms with van der Waals surface area (Å²) in [5.41, 5.74) is 0.120. The fourth-order valence-electron chi connectivity index (χ4n) is 2.83. The van der Waals surface area contributed by atoms with Crippen LogP contribution in [0.1, 0.15) is 29.5 Å². The number of carbonyl (C=O) groups is 1. The van der Waals surface area contributed by atoms with E-state index in [2.05, 4.69) is 15.9 Å². The smallest absolute Gasteiger partial charge is 0.296 e. The van der Waals surface area contributed by atoms with Crippen LogP contribution in [0.3, 0.4) is 0 Å². The van der Waals surface area contributed by atoms with Crippen molar-refractivity contribution in [3.8, 4) is 0 Å². The zero-order valence-electron chi connectivity index (χ0n) is 15.4. The van der Waals surface area contributed by atoms with Gasteiger partial charge < -0.3 is 0 Å². The highest BCUT2D eigenvalue weighted by Gasteiger charge is 2.39. The van der Waals surface area contributed by atoms with Gasteiger partial charge in [0.15, 0.2) is 5.78 Å². The molecular formula is C20H18BrF3O4S. The molecular weight excluding hydrogens is 473 g/mol. The van der Waals surface area contributed by atoms with Crippen LogP contribution in [-0.4, -0.2) is 20.3 Å². The van der Waals surface area contributed by atoms with Gasteiger partial charge in [-0.25, -0.2) is 0 Å². The van der Waals surface area contributed by atoms with Crippen LogP contribution >= 0.6 is 15.9 Å². The Morgan fingerprint density at radius 3 is 2.34 bits per heavy atom. The van der Waals surface area contributed by atoms with Crippen LogP contribution < -0.4 is 0 Å². The molecule has 156 valence electrons. The lowest BCUT2D eigenvalue weighted by atomic mass is 10.0. The Balaban J connectivity index is 1.91. The Labute approximate surface area is 175 Å². The molecule has 0 radical (unpaired) electrons. The summed E-state index contributed by atoms with van der Waals surface area (Å²) in [5, 5.41) is 0. The number of hydrogen-bond donors (Lipinski definition) is 0. The normalized spacial score (nSPS) is 15.9. The van der Waals surface area contributed by atoms with Gasteiger partial charge in [-0.1, -0.05) is 33.6 Å². The van der Waals surface area contributed by atoms with Crippen LogP contribution in [0.2, 0.25) is 0 Å². The van der Waals surface area contributed by atoms with Crippen molar-refractivity contribution < 1.29 is 30.6 Å². The second kappa shape index (κ2) is 8.20. The van der Waals surface area contributed by atoms with Crippen molar-refractivity contribution in [3.05, 3.63) is 63.6 Å². The van der Waals surface area contributed by atoms with Crippen LogP contribution in [0.5, 0.6) is 0 Å². The van der Waals surface area contributed by atoms with Gasteiger partial charge >= 0.3 is 6.18 Å². The van der Waals surface area contributed by atoms with Gasteiger partial charge in [0, 0.05) is 16.8 Å². The predicted molar refractivity (Wildman–Crippen MR) is 104 cm³/mol. The second-order valence-electron chi connectivity index (χ2n) is 7.04. The van der Waals surface area contributed by atoms with E-state index in [0.29, 0.717) is 17.3 Å². The molecule has 2 aromatic carbocycles. The molecule has 4 nitrogen and oxygen atoms in total. The number of carbonyl (C=O) groups excluding carboxylic acids is 1. The average molecular weight is 491 g/mol. The summed E-state index contributed by atoms with van der Waals surface area (Å²) in [7, 11) is -4.26. The Hall–Kier alpha value is -1.71. The third-order valence-corrected chi connectivity index (χ3v) is 6.74. The van der Waals surface area contributed by atoms with E-state index in [1.165, 1.54) is 18.2 Å². The molecule has 0 N–H and O–H groups in total. The molecule has 0 heterocycles. The lowest BCUT2D eigenvalue weighted by molar-refractivity contribution is -0.137. The van der Waals surface area contributed by atoms with Crippen LogP contribution in [-0.2, 0) is 31.7 Å². The molecule has 0 aromatic heterocycles. The summed E-state index contributed by atoms with van der Waals surface area (Å²) in [6, 6.07) is 8.96. The fraction of sp³-hybridized carbons (Fsp3) is 0.350. The molecule has 9 heteroatoms. The molecule has 0 spiro atoms. The number of halogens is 4. The number of Topliss-reactive ketones (excluding diaryl/α,β-unsaturated/α-hetero) is 1. The molecule has 3 rings (SSSR count). The van der Waals surface area contributed by atoms with Crippen molar-refractivity contribution in [2.24, 2.45) is 5.92 Å². The lowest BCUT2D eigenvalue weighted by Gasteiger charge is -2.18. The summed E-state index contributed by atoms with van der Waals surface area (Å²) in [5.74, 6) is -0.734. The minimum atomic E-state index is -4.56. The fourth-order valence-corrected chi connectivity index (χ4v) is 4.29. The molecule has 2 aromatic rings. The van der Waals surface area contributed by atoms with E-state index in [9.17, 15) is 26.4 Å². The third-order valence-electron chi connectivity index (χ3n) is 4.63. The van der Waals surface area contributed by atoms with Crippen molar-refractivity contribution in [2.45, 2.75) is 43.4 Å². The van der Waals surface area contributed by atoms with Crippen LogP contribution in [0.15, 0.2) is 51.8 Å². The molecule has 0 bridgehead atoms. The highest BCUT2D eigenvalue weighted by molar-refractivity contribution is 9.10. The molecule has 29 heavy (non-hydrogen) atoms. The average Bonchev–Trinajstić information content (AvgIpc) is 3.46. The second-order valence-corrected chi connectivity index (χ2v) is 9.46. The molecule has 1 saturated carbocycles. The van der Waals surface area contributed by atoms with E-state index in [4.69, 9.17) is 4.18 Å². The zero-order chi connectivity index (χ0) is 21.4. The summed E-state index contributed by atoms with van der Waals surface area (Å²) in [4.78, 5) is 12.5. The molecule has 0 amide bonds. The highest BCUT2D eigenvalue weighted by Crippen LogP contribution is 2.35. The van der Waals surface area contributed by atoms with E-state index in [1.54, 1.807) is 19.1 Å². The van der Waals surface area contributed by atoms with Gasteiger partial charge in [0.2, 0.25) is 0 Å². The molecule has 1 atom stereocenters. The lowest BCUT2D eigenvalue weighted by Crippen LogP contribution is -2.31. The summed E-state index contributed by atoms with van der Waals surface area (Å²) in [6.07, 6.45) is -5.00. The number of rotatable bonds is 7. The van der Waals surface area contributed by atoms with Gasteiger partial charge in [-0.15, -0.1) is 0 Å². The van der Waals surface area contributed by atoms with Crippen molar-refractivity contribution in [1.82, 2.24) is 0 Å². The summed E-state index contributed by atoms with van der Waals surface area (Å²) >= 11 is 3.18. The summed E-state index contributed by atoms with van der Waals surface area (Å²) < 4.78 is 70.0. The maximum atomic E-state index is 13.0. The van der Waals surface area contributed by atoms with Crippen LogP contribution in [0.4, 0.5) is 13.2 Å². The van der Waals surface area contributed by atoms with Crippen LogP contribution in [0.25, 0.3) is 0 Å². The third kappa shape index (κ3) is 5.46. The standard InChI is InChI=1S/C20H18BrF3O4S/c1-12-2-7-16(8-3-12)29(26,27)28-18(19(25)13-4-5-13)11-14-10-15(20(22,23)24)6-9-17(14)21/h2-3,6-10,13,18H,4-5,11H2,1H3. The van der Waals surface area contributed by atoms with Gasteiger partial charge in [-0.05, 0) is 55.7 Å². The van der Waals surface area contributed by atoms with Gasteiger partial charge in [-0.2, -0.15) is 21.6 Å². The first-order valence-electron chi connectivity index (χ1n) is 8.86. The topological polar surface area (TPSA) is 60.4 Å². The van der Waals surface area contributed by atoms with Gasteiger partial charge in [0.1, 0.15) is 6.10 Å². The Morgan fingerprint density at radius 2 is 1.79 bits per heavy atom. The Kier molecular flexibility index (Phi) is 6.21. The molecule has 0 saturated heterocycles. The van der Waals surface area contributed by atoms with E-state index < -0.39 is 33.7 Å². The first-order valence-corrected chi connectivity index (χ1v) is 11.1. The van der Waals surface area contributed by atoms with Gasteiger partial charge in [0.25, 0.3) is 10.1 Å². The number of benzene rings is 2. The quantitative estimate of drug-likeness (QED) is 0.508. The molecule has 1 fully saturated rings.